The second kappa shape index (κ2) is 8.13. The van der Waals surface area contributed by atoms with Gasteiger partial charge in [-0.25, -0.2) is 4.39 Å². The summed E-state index contributed by atoms with van der Waals surface area (Å²) in [6.07, 6.45) is 0.568. The molecule has 0 aliphatic carbocycles. The van der Waals surface area contributed by atoms with Crippen molar-refractivity contribution in [3.05, 3.63) is 71.5 Å². The van der Waals surface area contributed by atoms with E-state index in [1.54, 1.807) is 24.0 Å². The molecule has 5 heteroatoms. The minimum atomic E-state index is -0.359. The maximum absolute atomic E-state index is 13.3. The van der Waals surface area contributed by atoms with Gasteiger partial charge in [0.1, 0.15) is 5.82 Å². The maximum atomic E-state index is 13.3. The molecule has 1 atom stereocenters. The predicted octanol–water partition coefficient (Wildman–Crippen LogP) is 2.84. The minimum Gasteiger partial charge on any atom is -0.339 e. The SMILES string of the molecule is CC(=O)N1CCN(C(=O)C(Cc2ccccc2)c2ccc(F)cc2)CC1. The fourth-order valence-corrected chi connectivity index (χ4v) is 3.35. The fourth-order valence-electron chi connectivity index (χ4n) is 3.35. The molecule has 1 fully saturated rings. The molecule has 1 aliphatic heterocycles. The van der Waals surface area contributed by atoms with Crippen LogP contribution in [-0.4, -0.2) is 47.8 Å². The molecule has 0 N–H and O–H groups in total. The molecule has 1 unspecified atom stereocenters. The summed E-state index contributed by atoms with van der Waals surface area (Å²) in [7, 11) is 0. The van der Waals surface area contributed by atoms with E-state index in [2.05, 4.69) is 0 Å². The van der Waals surface area contributed by atoms with Crippen molar-refractivity contribution in [2.45, 2.75) is 19.3 Å². The van der Waals surface area contributed by atoms with Crippen LogP contribution in [0.3, 0.4) is 0 Å². The summed E-state index contributed by atoms with van der Waals surface area (Å²) < 4.78 is 13.3. The molecule has 2 aromatic carbocycles. The summed E-state index contributed by atoms with van der Waals surface area (Å²) >= 11 is 0. The van der Waals surface area contributed by atoms with Gasteiger partial charge in [-0.15, -0.1) is 0 Å². The zero-order chi connectivity index (χ0) is 18.5. The second-order valence-corrected chi connectivity index (χ2v) is 6.63. The van der Waals surface area contributed by atoms with E-state index in [4.69, 9.17) is 0 Å². The van der Waals surface area contributed by atoms with Crippen LogP contribution in [0.2, 0.25) is 0 Å². The Bertz CT molecular complexity index is 753. The second-order valence-electron chi connectivity index (χ2n) is 6.63. The Balaban J connectivity index is 1.79. The molecule has 136 valence electrons. The van der Waals surface area contributed by atoms with E-state index in [0.29, 0.717) is 32.6 Å². The van der Waals surface area contributed by atoms with Gasteiger partial charge in [-0.3, -0.25) is 9.59 Å². The van der Waals surface area contributed by atoms with Crippen molar-refractivity contribution in [1.29, 1.82) is 0 Å². The van der Waals surface area contributed by atoms with Crippen LogP contribution in [0.1, 0.15) is 24.0 Å². The van der Waals surface area contributed by atoms with Crippen molar-refractivity contribution >= 4 is 11.8 Å². The maximum Gasteiger partial charge on any atom is 0.230 e. The van der Waals surface area contributed by atoms with Gasteiger partial charge in [-0.1, -0.05) is 42.5 Å². The normalized spacial score (nSPS) is 15.6. The number of hydrogen-bond acceptors (Lipinski definition) is 2. The highest BCUT2D eigenvalue weighted by Crippen LogP contribution is 2.24. The lowest BCUT2D eigenvalue weighted by atomic mass is 9.90. The van der Waals surface area contributed by atoms with Crippen LogP contribution in [0.15, 0.2) is 54.6 Å². The highest BCUT2D eigenvalue weighted by atomic mass is 19.1. The van der Waals surface area contributed by atoms with Crippen LogP contribution in [0.25, 0.3) is 0 Å². The summed E-state index contributed by atoms with van der Waals surface area (Å²) in [5, 5.41) is 0. The number of carbonyl (C=O) groups excluding carboxylic acids is 2. The number of rotatable bonds is 4. The van der Waals surface area contributed by atoms with Gasteiger partial charge < -0.3 is 9.80 Å². The Hall–Kier alpha value is -2.69. The smallest absolute Gasteiger partial charge is 0.230 e. The highest BCUT2D eigenvalue weighted by molar-refractivity contribution is 5.84. The molecular formula is C21H23FN2O2. The summed E-state index contributed by atoms with van der Waals surface area (Å²) in [5.41, 5.74) is 1.88. The molecule has 2 aromatic rings. The lowest BCUT2D eigenvalue weighted by molar-refractivity contribution is -0.139. The Morgan fingerprint density at radius 2 is 1.50 bits per heavy atom. The van der Waals surface area contributed by atoms with Crippen molar-refractivity contribution in [3.63, 3.8) is 0 Å². The van der Waals surface area contributed by atoms with E-state index < -0.39 is 0 Å². The average Bonchev–Trinajstić information content (AvgIpc) is 2.67. The van der Waals surface area contributed by atoms with E-state index in [1.807, 2.05) is 35.2 Å². The van der Waals surface area contributed by atoms with E-state index in [9.17, 15) is 14.0 Å². The summed E-state index contributed by atoms with van der Waals surface area (Å²) in [5.74, 6) is -0.600. The number of piperazine rings is 1. The Kier molecular flexibility index (Phi) is 5.66. The molecule has 0 bridgehead atoms. The quantitative estimate of drug-likeness (QED) is 0.847. The van der Waals surface area contributed by atoms with Crippen LogP contribution in [0.5, 0.6) is 0 Å². The number of halogens is 1. The molecule has 0 spiro atoms. The van der Waals surface area contributed by atoms with Crippen molar-refractivity contribution in [2.24, 2.45) is 0 Å². The fraction of sp³-hybridized carbons (Fsp3) is 0.333. The predicted molar refractivity (Wildman–Crippen MR) is 98.1 cm³/mol. The first-order valence-electron chi connectivity index (χ1n) is 8.88. The van der Waals surface area contributed by atoms with E-state index in [0.717, 1.165) is 11.1 Å². The average molecular weight is 354 g/mol. The van der Waals surface area contributed by atoms with Crippen molar-refractivity contribution in [2.75, 3.05) is 26.2 Å². The van der Waals surface area contributed by atoms with Crippen molar-refractivity contribution < 1.29 is 14.0 Å². The van der Waals surface area contributed by atoms with Gasteiger partial charge in [-0.05, 0) is 29.7 Å². The molecule has 2 amide bonds. The molecule has 1 aliphatic rings. The first-order valence-corrected chi connectivity index (χ1v) is 8.88. The number of hydrogen-bond donors (Lipinski definition) is 0. The zero-order valence-electron chi connectivity index (χ0n) is 14.9. The van der Waals surface area contributed by atoms with Gasteiger partial charge in [0.25, 0.3) is 0 Å². The first kappa shape index (κ1) is 18.1. The van der Waals surface area contributed by atoms with Gasteiger partial charge >= 0.3 is 0 Å². The minimum absolute atomic E-state index is 0.0312. The van der Waals surface area contributed by atoms with Crippen molar-refractivity contribution in [3.8, 4) is 0 Å². The van der Waals surface area contributed by atoms with Gasteiger partial charge in [0.05, 0.1) is 5.92 Å². The molecule has 26 heavy (non-hydrogen) atoms. The third-order valence-corrected chi connectivity index (χ3v) is 4.89. The van der Waals surface area contributed by atoms with Crippen LogP contribution in [0.4, 0.5) is 4.39 Å². The summed E-state index contributed by atoms with van der Waals surface area (Å²) in [4.78, 5) is 28.3. The molecule has 1 saturated heterocycles. The number of benzene rings is 2. The first-order chi connectivity index (χ1) is 12.5. The third kappa shape index (κ3) is 4.28. The Morgan fingerprint density at radius 1 is 0.923 bits per heavy atom. The van der Waals surface area contributed by atoms with E-state index in [1.165, 1.54) is 12.1 Å². The lowest BCUT2D eigenvalue weighted by Gasteiger charge is -2.36. The van der Waals surface area contributed by atoms with Gasteiger partial charge in [0.2, 0.25) is 11.8 Å². The van der Waals surface area contributed by atoms with Gasteiger partial charge in [-0.2, -0.15) is 0 Å². The molecular weight excluding hydrogens is 331 g/mol. The van der Waals surface area contributed by atoms with Crippen LogP contribution >= 0.6 is 0 Å². The van der Waals surface area contributed by atoms with E-state index in [-0.39, 0.29) is 23.5 Å². The van der Waals surface area contributed by atoms with Crippen LogP contribution in [0, 0.1) is 5.82 Å². The Labute approximate surface area is 153 Å². The molecule has 0 radical (unpaired) electrons. The molecule has 3 rings (SSSR count). The van der Waals surface area contributed by atoms with Crippen molar-refractivity contribution in [1.82, 2.24) is 9.80 Å². The molecule has 0 aromatic heterocycles. The Morgan fingerprint density at radius 3 is 2.08 bits per heavy atom. The monoisotopic (exact) mass is 354 g/mol. The standard InChI is InChI=1S/C21H23FN2O2/c1-16(25)23-11-13-24(14-12-23)21(26)20(15-17-5-3-2-4-6-17)18-7-9-19(22)10-8-18/h2-10,20H,11-15H2,1H3. The molecule has 0 saturated carbocycles. The summed E-state index contributed by atoms with van der Waals surface area (Å²) in [6, 6.07) is 16.0. The number of nitrogens with zero attached hydrogens (tertiary/aromatic N) is 2. The lowest BCUT2D eigenvalue weighted by Crippen LogP contribution is -2.51. The topological polar surface area (TPSA) is 40.6 Å². The molecule has 1 heterocycles. The van der Waals surface area contributed by atoms with Gasteiger partial charge in [0.15, 0.2) is 0 Å². The zero-order valence-corrected chi connectivity index (χ0v) is 14.9. The number of amides is 2. The summed E-state index contributed by atoms with van der Waals surface area (Å²) in [6.45, 7) is 3.73. The van der Waals surface area contributed by atoms with E-state index >= 15 is 0 Å². The highest BCUT2D eigenvalue weighted by Gasteiger charge is 2.29. The van der Waals surface area contributed by atoms with Crippen LogP contribution in [-0.2, 0) is 16.0 Å². The van der Waals surface area contributed by atoms with Crippen LogP contribution < -0.4 is 0 Å². The number of carbonyl (C=O) groups is 2. The third-order valence-electron chi connectivity index (χ3n) is 4.89. The largest absolute Gasteiger partial charge is 0.339 e. The molecule has 4 nitrogen and oxygen atoms in total. The van der Waals surface area contributed by atoms with Gasteiger partial charge in [0, 0.05) is 33.1 Å².